The van der Waals surface area contributed by atoms with Crippen molar-refractivity contribution in [2.24, 2.45) is 0 Å². The minimum atomic E-state index is -0.451. The van der Waals surface area contributed by atoms with E-state index >= 15 is 0 Å². The summed E-state index contributed by atoms with van der Waals surface area (Å²) in [6.07, 6.45) is 1.58. The Morgan fingerprint density at radius 3 is 2.50 bits per heavy atom. The van der Waals surface area contributed by atoms with Crippen LogP contribution in [-0.4, -0.2) is 25.5 Å². The molecule has 0 bridgehead atoms. The predicted octanol–water partition coefficient (Wildman–Crippen LogP) is 3.87. The number of halogens is 1. The Morgan fingerprint density at radius 2 is 1.95 bits per heavy atom. The zero-order valence-corrected chi connectivity index (χ0v) is 13.0. The molecule has 3 rings (SSSR count). The largest absolute Gasteiger partial charge is 0.503 e. The third-order valence-electron chi connectivity index (χ3n) is 3.20. The number of thiazole rings is 1. The first-order valence-corrected chi connectivity index (χ1v) is 7.60. The van der Waals surface area contributed by atoms with E-state index in [1.807, 2.05) is 0 Å². The Bertz CT molecular complexity index is 839. The molecule has 0 atom stereocenters. The minimum absolute atomic E-state index is 0.0509. The quantitative estimate of drug-likeness (QED) is 0.713. The second kappa shape index (κ2) is 5.47. The normalized spacial score (nSPS) is 10.8. The third kappa shape index (κ3) is 2.26. The molecule has 0 radical (unpaired) electrons. The van der Waals surface area contributed by atoms with Crippen LogP contribution in [0.2, 0.25) is 5.02 Å². The van der Waals surface area contributed by atoms with Crippen molar-refractivity contribution in [2.75, 3.05) is 0 Å². The van der Waals surface area contributed by atoms with Gasteiger partial charge in [0.15, 0.2) is 16.7 Å². The molecule has 0 unspecified atom stereocenters. The average Bonchev–Trinajstić information content (AvgIpc) is 3.08. The van der Waals surface area contributed by atoms with E-state index in [0.29, 0.717) is 21.4 Å². The van der Waals surface area contributed by atoms with Gasteiger partial charge in [0, 0.05) is 16.6 Å². The second-order valence-electron chi connectivity index (χ2n) is 4.61. The second-order valence-corrected chi connectivity index (χ2v) is 5.92. The molecule has 0 aliphatic rings. The predicted molar refractivity (Wildman–Crippen MR) is 85.2 cm³/mol. The lowest BCUT2D eigenvalue weighted by molar-refractivity contribution is 0.101. The smallest absolute Gasteiger partial charge is 0.242 e. The van der Waals surface area contributed by atoms with Crippen LogP contribution in [0.5, 0.6) is 11.6 Å². The maximum atomic E-state index is 11.9. The summed E-state index contributed by atoms with van der Waals surface area (Å²) in [5.74, 6) is -1.22. The summed E-state index contributed by atoms with van der Waals surface area (Å²) in [6.45, 7) is 1.33. The summed E-state index contributed by atoms with van der Waals surface area (Å²) in [5, 5.41) is 23.1. The molecular weight excluding hydrogens is 324 g/mol. The van der Waals surface area contributed by atoms with Crippen molar-refractivity contribution in [3.63, 3.8) is 0 Å². The van der Waals surface area contributed by atoms with E-state index in [2.05, 4.69) is 4.98 Å². The summed E-state index contributed by atoms with van der Waals surface area (Å²) in [6, 6.07) is 6.78. The molecule has 5 nitrogen and oxygen atoms in total. The van der Waals surface area contributed by atoms with Crippen LogP contribution in [0.4, 0.5) is 0 Å². The number of carbonyl (C=O) groups is 1. The molecule has 0 aliphatic heterocycles. The van der Waals surface area contributed by atoms with Gasteiger partial charge in [-0.05, 0) is 24.6 Å². The van der Waals surface area contributed by atoms with Crippen molar-refractivity contribution in [3.05, 3.63) is 46.4 Å². The van der Waals surface area contributed by atoms with Crippen LogP contribution in [0.25, 0.3) is 16.4 Å². The van der Waals surface area contributed by atoms with Crippen molar-refractivity contribution < 1.29 is 15.0 Å². The van der Waals surface area contributed by atoms with Gasteiger partial charge in [0.1, 0.15) is 0 Å². The van der Waals surface area contributed by atoms with E-state index in [1.165, 1.54) is 22.8 Å². The molecular formula is C15H11ClN2O3S. The zero-order chi connectivity index (χ0) is 15.9. The first kappa shape index (κ1) is 14.6. The number of aromatic hydroxyl groups is 2. The maximum Gasteiger partial charge on any atom is 0.242 e. The first-order chi connectivity index (χ1) is 10.5. The van der Waals surface area contributed by atoms with E-state index in [1.54, 1.807) is 35.8 Å². The molecule has 2 heterocycles. The van der Waals surface area contributed by atoms with Crippen LogP contribution in [0, 0.1) is 0 Å². The number of carbonyl (C=O) groups excluding carboxylic acids is 1. The van der Waals surface area contributed by atoms with Gasteiger partial charge in [-0.1, -0.05) is 23.7 Å². The van der Waals surface area contributed by atoms with Gasteiger partial charge in [-0.15, -0.1) is 11.3 Å². The highest BCUT2D eigenvalue weighted by atomic mass is 35.5. The van der Waals surface area contributed by atoms with Gasteiger partial charge < -0.3 is 10.2 Å². The molecule has 112 valence electrons. The first-order valence-electron chi connectivity index (χ1n) is 6.34. The molecule has 2 aromatic heterocycles. The van der Waals surface area contributed by atoms with Gasteiger partial charge in [0.2, 0.25) is 5.88 Å². The van der Waals surface area contributed by atoms with Crippen LogP contribution in [0.1, 0.15) is 17.3 Å². The number of nitrogens with zero attached hydrogens (tertiary/aromatic N) is 2. The fourth-order valence-electron chi connectivity index (χ4n) is 2.27. The van der Waals surface area contributed by atoms with E-state index in [9.17, 15) is 15.0 Å². The lowest BCUT2D eigenvalue weighted by Gasteiger charge is -2.08. The summed E-state index contributed by atoms with van der Waals surface area (Å²) >= 11 is 7.17. The Hall–Kier alpha value is -2.31. The van der Waals surface area contributed by atoms with Crippen molar-refractivity contribution in [1.82, 2.24) is 9.55 Å². The number of Topliss-reactive ketones (excluding diaryl/α,β-unsaturated/α-hetero) is 1. The minimum Gasteiger partial charge on any atom is -0.503 e. The molecule has 0 amide bonds. The summed E-state index contributed by atoms with van der Waals surface area (Å²) in [5.41, 5.74) is 1.07. The molecule has 0 fully saturated rings. The molecule has 0 spiro atoms. The van der Waals surface area contributed by atoms with Crippen molar-refractivity contribution in [2.45, 2.75) is 6.92 Å². The number of rotatable bonds is 3. The summed E-state index contributed by atoms with van der Waals surface area (Å²) in [4.78, 5) is 16.1. The fraction of sp³-hybridized carbons (Fsp3) is 0.0667. The van der Waals surface area contributed by atoms with Crippen molar-refractivity contribution in [3.8, 4) is 28.0 Å². The van der Waals surface area contributed by atoms with Gasteiger partial charge in [0.05, 0.1) is 11.3 Å². The van der Waals surface area contributed by atoms with Crippen LogP contribution < -0.4 is 0 Å². The molecule has 22 heavy (non-hydrogen) atoms. The molecule has 0 aliphatic carbocycles. The van der Waals surface area contributed by atoms with Gasteiger partial charge in [-0.2, -0.15) is 0 Å². The van der Waals surface area contributed by atoms with Crippen molar-refractivity contribution >= 4 is 28.7 Å². The van der Waals surface area contributed by atoms with Gasteiger partial charge in [0.25, 0.3) is 0 Å². The van der Waals surface area contributed by atoms with Crippen LogP contribution in [0.3, 0.4) is 0 Å². The van der Waals surface area contributed by atoms with E-state index in [-0.39, 0.29) is 11.3 Å². The van der Waals surface area contributed by atoms with E-state index < -0.39 is 11.6 Å². The summed E-state index contributed by atoms with van der Waals surface area (Å²) in [7, 11) is 0. The molecule has 0 saturated carbocycles. The lowest BCUT2D eigenvalue weighted by atomic mass is 10.1. The van der Waals surface area contributed by atoms with Crippen LogP contribution in [0.15, 0.2) is 35.8 Å². The maximum absolute atomic E-state index is 11.9. The highest BCUT2D eigenvalue weighted by Gasteiger charge is 2.28. The number of hydrogen-bond donors (Lipinski definition) is 2. The molecule has 1 aromatic carbocycles. The van der Waals surface area contributed by atoms with Crippen molar-refractivity contribution in [1.29, 1.82) is 0 Å². The average molecular weight is 335 g/mol. The fourth-order valence-corrected chi connectivity index (χ4v) is 3.05. The Morgan fingerprint density at radius 1 is 1.27 bits per heavy atom. The van der Waals surface area contributed by atoms with E-state index in [0.717, 1.165) is 0 Å². The highest BCUT2D eigenvalue weighted by Crippen LogP contribution is 2.43. The summed E-state index contributed by atoms with van der Waals surface area (Å²) < 4.78 is 1.36. The number of benzene rings is 1. The highest BCUT2D eigenvalue weighted by molar-refractivity contribution is 7.12. The standard InChI is InChI=1S/C15H11ClN2O3S/c1-8(19)11-12(9-2-4-10(16)5-3-9)18(14(21)13(11)20)15-17-6-7-22-15/h2-7,20-21H,1H3. The zero-order valence-electron chi connectivity index (χ0n) is 11.4. The molecule has 7 heteroatoms. The Balaban J connectivity index is 2.37. The molecule has 2 N–H and O–H groups in total. The number of aromatic nitrogens is 2. The van der Waals surface area contributed by atoms with Crippen LogP contribution in [-0.2, 0) is 0 Å². The molecule has 3 aromatic rings. The Labute approximate surface area is 135 Å². The number of ketones is 1. The molecule has 0 saturated heterocycles. The Kier molecular flexibility index (Phi) is 3.64. The van der Waals surface area contributed by atoms with Gasteiger partial charge >= 0.3 is 0 Å². The number of hydrogen-bond acceptors (Lipinski definition) is 5. The SMILES string of the molecule is CC(=O)c1c(O)c(O)n(-c2nccs2)c1-c1ccc(Cl)cc1. The van der Waals surface area contributed by atoms with Crippen LogP contribution >= 0.6 is 22.9 Å². The van der Waals surface area contributed by atoms with E-state index in [4.69, 9.17) is 11.6 Å². The lowest BCUT2D eigenvalue weighted by Crippen LogP contribution is -2.00. The monoisotopic (exact) mass is 334 g/mol. The topological polar surface area (TPSA) is 75.3 Å². The van der Waals surface area contributed by atoms with Gasteiger partial charge in [-0.3, -0.25) is 9.36 Å². The van der Waals surface area contributed by atoms with Gasteiger partial charge in [-0.25, -0.2) is 4.98 Å². The third-order valence-corrected chi connectivity index (χ3v) is 4.21.